The average Bonchev–Trinajstić information content (AvgIpc) is 3.55. The Morgan fingerprint density at radius 2 is 1.85 bits per heavy atom. The van der Waals surface area contributed by atoms with Gasteiger partial charge in [-0.2, -0.15) is 0 Å². The Kier molecular flexibility index (Phi) is 7.28. The van der Waals surface area contributed by atoms with Crippen LogP contribution in [0.5, 0.6) is 0 Å². The minimum absolute atomic E-state index is 0.0799. The highest BCUT2D eigenvalue weighted by Gasteiger charge is 2.28. The van der Waals surface area contributed by atoms with Crippen LogP contribution < -0.4 is 5.32 Å². The van der Waals surface area contributed by atoms with Crippen LogP contribution in [0, 0.1) is 0 Å². The quantitative estimate of drug-likeness (QED) is 0.503. The van der Waals surface area contributed by atoms with Crippen molar-refractivity contribution in [1.29, 1.82) is 0 Å². The van der Waals surface area contributed by atoms with E-state index in [2.05, 4.69) is 20.7 Å². The van der Waals surface area contributed by atoms with Crippen LogP contribution in [-0.4, -0.2) is 70.3 Å². The van der Waals surface area contributed by atoms with Gasteiger partial charge >= 0.3 is 11.9 Å². The Morgan fingerprint density at radius 1 is 1.12 bits per heavy atom. The second-order valence-corrected chi connectivity index (χ2v) is 8.64. The highest BCUT2D eigenvalue weighted by Crippen LogP contribution is 2.26. The van der Waals surface area contributed by atoms with Crippen LogP contribution in [-0.2, 0) is 14.3 Å². The topological polar surface area (TPSA) is 129 Å². The highest BCUT2D eigenvalue weighted by molar-refractivity contribution is 7.13. The van der Waals surface area contributed by atoms with Crippen LogP contribution in [0.15, 0.2) is 35.7 Å². The number of hydrogen-bond donors (Lipinski definition) is 1. The van der Waals surface area contributed by atoms with E-state index in [1.807, 2.05) is 22.4 Å². The van der Waals surface area contributed by atoms with Crippen molar-refractivity contribution in [1.82, 2.24) is 25.1 Å². The predicted molar refractivity (Wildman–Crippen MR) is 123 cm³/mol. The molecule has 1 unspecified atom stereocenters. The molecule has 1 aliphatic rings. The van der Waals surface area contributed by atoms with Gasteiger partial charge in [0.25, 0.3) is 0 Å². The molecule has 4 rings (SSSR count). The molecular weight excluding hydrogens is 460 g/mol. The monoisotopic (exact) mass is 484 g/mol. The van der Waals surface area contributed by atoms with E-state index in [0.717, 1.165) is 24.1 Å². The molecule has 0 spiro atoms. The van der Waals surface area contributed by atoms with Crippen molar-refractivity contribution < 1.29 is 23.9 Å². The summed E-state index contributed by atoms with van der Waals surface area (Å²) in [5.41, 5.74) is 0.551. The number of hydrogen-bond acceptors (Lipinski definition) is 10. The van der Waals surface area contributed by atoms with Crippen LogP contribution in [0.3, 0.4) is 0 Å². The number of thiophene rings is 1. The molecule has 1 saturated heterocycles. The summed E-state index contributed by atoms with van der Waals surface area (Å²) in [6.45, 7) is 0.778. The standard InChI is InChI=1S/C22H24N6O5S/c1-32-21(30)14-10-15(22(31)33-2)12-16(11-14)23-18(29)13-27-8-4-3-7-19(27)28-25-20(24-26-28)17-6-5-9-34-17/h5-6,9-12,19H,3-4,7-8,13H2,1-2H3,(H,23,29). The SMILES string of the molecule is COC(=O)c1cc(NC(=O)CN2CCCCC2n2nnc(-c3cccs3)n2)cc(C(=O)OC)c1. The summed E-state index contributed by atoms with van der Waals surface area (Å²) in [7, 11) is 2.48. The minimum Gasteiger partial charge on any atom is -0.465 e. The molecule has 2 aromatic heterocycles. The normalized spacial score (nSPS) is 16.1. The third-order valence-corrected chi connectivity index (χ3v) is 6.29. The summed E-state index contributed by atoms with van der Waals surface area (Å²) in [4.78, 5) is 41.4. The van der Waals surface area contributed by atoms with E-state index < -0.39 is 11.9 Å². The number of esters is 2. The molecule has 12 heteroatoms. The summed E-state index contributed by atoms with van der Waals surface area (Å²) in [5, 5.41) is 17.6. The van der Waals surface area contributed by atoms with E-state index >= 15 is 0 Å². The summed E-state index contributed by atoms with van der Waals surface area (Å²) < 4.78 is 9.49. The zero-order valence-corrected chi connectivity index (χ0v) is 19.6. The van der Waals surface area contributed by atoms with Gasteiger partial charge in [-0.3, -0.25) is 9.69 Å². The maximum absolute atomic E-state index is 12.9. The number of nitrogens with one attached hydrogen (secondary N) is 1. The third-order valence-electron chi connectivity index (χ3n) is 5.42. The largest absolute Gasteiger partial charge is 0.465 e. The fourth-order valence-corrected chi connectivity index (χ4v) is 4.48. The van der Waals surface area contributed by atoms with Gasteiger partial charge in [0.15, 0.2) is 0 Å². The molecule has 34 heavy (non-hydrogen) atoms. The van der Waals surface area contributed by atoms with Gasteiger partial charge in [0.1, 0.15) is 6.17 Å². The molecule has 11 nitrogen and oxygen atoms in total. The molecule has 0 radical (unpaired) electrons. The molecule has 178 valence electrons. The third kappa shape index (κ3) is 5.29. The minimum atomic E-state index is -0.629. The lowest BCUT2D eigenvalue weighted by Gasteiger charge is -2.33. The Hall–Kier alpha value is -3.64. The number of anilines is 1. The van der Waals surface area contributed by atoms with Crippen molar-refractivity contribution >= 4 is 34.9 Å². The van der Waals surface area contributed by atoms with Gasteiger partial charge in [0.2, 0.25) is 11.7 Å². The van der Waals surface area contributed by atoms with Crippen molar-refractivity contribution in [3.63, 3.8) is 0 Å². The van der Waals surface area contributed by atoms with Gasteiger partial charge < -0.3 is 14.8 Å². The molecule has 0 bridgehead atoms. The summed E-state index contributed by atoms with van der Waals surface area (Å²) in [6, 6.07) is 8.13. The van der Waals surface area contributed by atoms with Crippen molar-refractivity contribution in [2.75, 3.05) is 32.6 Å². The summed E-state index contributed by atoms with van der Waals surface area (Å²) >= 11 is 1.54. The van der Waals surface area contributed by atoms with E-state index in [1.54, 1.807) is 4.80 Å². The molecule has 1 aliphatic heterocycles. The predicted octanol–water partition coefficient (Wildman–Crippen LogP) is 2.60. The number of likely N-dealkylation sites (tertiary alicyclic amines) is 1. The van der Waals surface area contributed by atoms with E-state index in [0.29, 0.717) is 18.1 Å². The average molecular weight is 485 g/mol. The number of methoxy groups -OCH3 is 2. The number of tetrazole rings is 1. The van der Waals surface area contributed by atoms with Crippen LogP contribution in [0.1, 0.15) is 46.1 Å². The number of carbonyl (C=O) groups is 3. The van der Waals surface area contributed by atoms with Gasteiger partial charge in [-0.1, -0.05) is 6.07 Å². The smallest absolute Gasteiger partial charge is 0.337 e. The number of ether oxygens (including phenoxy) is 2. The lowest BCUT2D eigenvalue weighted by Crippen LogP contribution is -2.42. The number of nitrogens with zero attached hydrogens (tertiary/aromatic N) is 5. The molecule has 1 fully saturated rings. The van der Waals surface area contributed by atoms with Gasteiger partial charge in [0, 0.05) is 12.2 Å². The van der Waals surface area contributed by atoms with Gasteiger partial charge in [-0.25, -0.2) is 9.59 Å². The second-order valence-electron chi connectivity index (χ2n) is 7.69. The van der Waals surface area contributed by atoms with E-state index in [9.17, 15) is 14.4 Å². The van der Waals surface area contributed by atoms with Crippen LogP contribution in [0.2, 0.25) is 0 Å². The van der Waals surface area contributed by atoms with E-state index in [4.69, 9.17) is 9.47 Å². The van der Waals surface area contributed by atoms with Crippen molar-refractivity contribution in [3.05, 3.63) is 46.8 Å². The van der Waals surface area contributed by atoms with Crippen LogP contribution >= 0.6 is 11.3 Å². The van der Waals surface area contributed by atoms with Gasteiger partial charge in [-0.05, 0) is 54.1 Å². The maximum atomic E-state index is 12.9. The molecule has 1 amide bonds. The van der Waals surface area contributed by atoms with E-state index in [1.165, 1.54) is 43.8 Å². The zero-order valence-electron chi connectivity index (χ0n) is 18.8. The maximum Gasteiger partial charge on any atom is 0.337 e. The van der Waals surface area contributed by atoms with Gasteiger partial charge in [0.05, 0.1) is 36.8 Å². The number of benzene rings is 1. The fraction of sp³-hybridized carbons (Fsp3) is 0.364. The first-order valence-corrected chi connectivity index (χ1v) is 11.6. The first-order valence-electron chi connectivity index (χ1n) is 10.7. The first-order chi connectivity index (χ1) is 16.5. The summed E-state index contributed by atoms with van der Waals surface area (Å²) in [6.07, 6.45) is 2.52. The molecule has 0 saturated carbocycles. The van der Waals surface area contributed by atoms with Crippen LogP contribution in [0.4, 0.5) is 5.69 Å². The Labute approximate surface area is 199 Å². The Bertz CT molecular complexity index is 1140. The number of rotatable bonds is 7. The first kappa shape index (κ1) is 23.5. The highest BCUT2D eigenvalue weighted by atomic mass is 32.1. The summed E-state index contributed by atoms with van der Waals surface area (Å²) in [5.74, 6) is -1.00. The lowest BCUT2D eigenvalue weighted by atomic mass is 10.1. The van der Waals surface area contributed by atoms with Crippen LogP contribution in [0.25, 0.3) is 10.7 Å². The molecule has 1 aromatic carbocycles. The molecular formula is C22H24N6O5S. The molecule has 1 atom stereocenters. The molecule has 3 aromatic rings. The lowest BCUT2D eigenvalue weighted by molar-refractivity contribution is -0.119. The molecule has 0 aliphatic carbocycles. The molecule has 1 N–H and O–H groups in total. The number of carbonyl (C=O) groups excluding carboxylic acids is 3. The van der Waals surface area contributed by atoms with Gasteiger partial charge in [-0.15, -0.1) is 26.3 Å². The van der Waals surface area contributed by atoms with E-state index in [-0.39, 0.29) is 29.7 Å². The number of piperidine rings is 1. The Balaban J connectivity index is 1.49. The molecule has 3 heterocycles. The Morgan fingerprint density at radius 3 is 2.50 bits per heavy atom. The fourth-order valence-electron chi connectivity index (χ4n) is 3.83. The number of aromatic nitrogens is 4. The van der Waals surface area contributed by atoms with Crippen molar-refractivity contribution in [3.8, 4) is 10.7 Å². The zero-order chi connectivity index (χ0) is 24.1. The van der Waals surface area contributed by atoms with Crippen molar-refractivity contribution in [2.45, 2.75) is 25.4 Å². The number of amides is 1. The van der Waals surface area contributed by atoms with Crippen molar-refractivity contribution in [2.24, 2.45) is 0 Å². The second kappa shape index (κ2) is 10.5.